The smallest absolute Gasteiger partial charge is 0.260 e. The minimum Gasteiger partial charge on any atom is -0.383 e. The quantitative estimate of drug-likeness (QED) is 0.681. The van der Waals surface area contributed by atoms with E-state index >= 15 is 0 Å². The molecule has 1 aromatic carbocycles. The number of nitrogens with zero attached hydrogens (tertiary/aromatic N) is 2. The van der Waals surface area contributed by atoms with Gasteiger partial charge in [-0.25, -0.2) is 4.98 Å². The molecule has 0 bridgehead atoms. The van der Waals surface area contributed by atoms with E-state index in [1.54, 1.807) is 6.07 Å². The summed E-state index contributed by atoms with van der Waals surface area (Å²) in [6.45, 7) is 1.49. The molecule has 7 nitrogen and oxygen atoms in total. The standard InChI is InChI=1S/C18H19N5O2/c19-17-13(8-11-4-1-2-6-14(11)20-17)18(24)21-16-9-15(22-23-16)12-5-3-7-25-10-12/h1-2,4,6,8-9,12H,3,5,7,10H2,(H2,19,20)(H2,21,22,23,24). The average Bonchev–Trinajstić information content (AvgIpc) is 3.10. The Morgan fingerprint density at radius 1 is 1.32 bits per heavy atom. The maximum Gasteiger partial charge on any atom is 0.260 e. The zero-order chi connectivity index (χ0) is 17.2. The second-order valence-corrected chi connectivity index (χ2v) is 6.19. The molecule has 3 aromatic rings. The number of amides is 1. The first-order valence-electron chi connectivity index (χ1n) is 8.30. The summed E-state index contributed by atoms with van der Waals surface area (Å²) in [5, 5.41) is 10.8. The number of ether oxygens (including phenoxy) is 1. The SMILES string of the molecule is Nc1nc2ccccc2cc1C(=O)Nc1cc(C2CCCOC2)[nH]n1. The Balaban J connectivity index is 1.54. The van der Waals surface area contributed by atoms with Gasteiger partial charge in [0.05, 0.1) is 17.7 Å². The van der Waals surface area contributed by atoms with E-state index in [1.807, 2.05) is 30.3 Å². The van der Waals surface area contributed by atoms with Crippen LogP contribution in [0.5, 0.6) is 0 Å². The van der Waals surface area contributed by atoms with Crippen LogP contribution in [0.2, 0.25) is 0 Å². The van der Waals surface area contributed by atoms with E-state index in [1.165, 1.54) is 0 Å². The third-order valence-corrected chi connectivity index (χ3v) is 4.44. The monoisotopic (exact) mass is 337 g/mol. The van der Waals surface area contributed by atoms with Gasteiger partial charge in [-0.3, -0.25) is 9.89 Å². The topological polar surface area (TPSA) is 106 Å². The highest BCUT2D eigenvalue weighted by Crippen LogP contribution is 2.26. The van der Waals surface area contributed by atoms with Gasteiger partial charge in [-0.15, -0.1) is 0 Å². The van der Waals surface area contributed by atoms with Gasteiger partial charge in [0.2, 0.25) is 0 Å². The summed E-state index contributed by atoms with van der Waals surface area (Å²) >= 11 is 0. The third-order valence-electron chi connectivity index (χ3n) is 4.44. The Morgan fingerprint density at radius 2 is 2.20 bits per heavy atom. The van der Waals surface area contributed by atoms with Gasteiger partial charge in [0.15, 0.2) is 5.82 Å². The van der Waals surface area contributed by atoms with Crippen LogP contribution < -0.4 is 11.1 Å². The number of anilines is 2. The van der Waals surface area contributed by atoms with E-state index < -0.39 is 0 Å². The van der Waals surface area contributed by atoms with Crippen LogP contribution in [-0.2, 0) is 4.74 Å². The highest BCUT2D eigenvalue weighted by Gasteiger charge is 2.19. The van der Waals surface area contributed by atoms with Crippen LogP contribution in [0.4, 0.5) is 11.6 Å². The maximum atomic E-state index is 12.6. The Bertz CT molecular complexity index is 915. The molecular formula is C18H19N5O2. The number of pyridine rings is 1. The van der Waals surface area contributed by atoms with Gasteiger partial charge in [-0.05, 0) is 25.0 Å². The number of rotatable bonds is 3. The van der Waals surface area contributed by atoms with E-state index in [2.05, 4.69) is 20.5 Å². The normalized spacial score (nSPS) is 17.5. The van der Waals surface area contributed by atoms with Gasteiger partial charge >= 0.3 is 0 Å². The summed E-state index contributed by atoms with van der Waals surface area (Å²) < 4.78 is 5.49. The van der Waals surface area contributed by atoms with Gasteiger partial charge < -0.3 is 15.8 Å². The minimum absolute atomic E-state index is 0.202. The number of nitrogen functional groups attached to an aromatic ring is 1. The lowest BCUT2D eigenvalue weighted by Crippen LogP contribution is -2.16. The number of aromatic nitrogens is 3. The fourth-order valence-corrected chi connectivity index (χ4v) is 3.09. The molecule has 0 saturated carbocycles. The molecule has 4 N–H and O–H groups in total. The Labute approximate surface area is 144 Å². The van der Waals surface area contributed by atoms with Gasteiger partial charge in [0.1, 0.15) is 5.82 Å². The molecular weight excluding hydrogens is 318 g/mol. The summed E-state index contributed by atoms with van der Waals surface area (Å²) in [6.07, 6.45) is 2.09. The van der Waals surface area contributed by atoms with Crippen molar-refractivity contribution >= 4 is 28.4 Å². The van der Waals surface area contributed by atoms with Crippen LogP contribution in [0.15, 0.2) is 36.4 Å². The number of fused-ring (bicyclic) bond motifs is 1. The molecule has 1 aliphatic rings. The number of nitrogens with two attached hydrogens (primary N) is 1. The molecule has 128 valence electrons. The molecule has 4 rings (SSSR count). The number of benzene rings is 1. The molecule has 3 heterocycles. The van der Waals surface area contributed by atoms with E-state index in [4.69, 9.17) is 10.5 Å². The molecule has 1 unspecified atom stereocenters. The molecule has 0 aliphatic carbocycles. The van der Waals surface area contributed by atoms with Crippen LogP contribution in [0, 0.1) is 0 Å². The number of H-pyrrole nitrogens is 1. The summed E-state index contributed by atoms with van der Waals surface area (Å²) in [5.74, 6) is 0.638. The number of nitrogens with one attached hydrogen (secondary N) is 2. The fraction of sp³-hybridized carbons (Fsp3) is 0.278. The van der Waals surface area contributed by atoms with Crippen LogP contribution in [-0.4, -0.2) is 34.3 Å². The summed E-state index contributed by atoms with van der Waals surface area (Å²) in [4.78, 5) is 16.8. The van der Waals surface area contributed by atoms with Crippen molar-refractivity contribution < 1.29 is 9.53 Å². The first-order chi connectivity index (χ1) is 12.2. The second-order valence-electron chi connectivity index (χ2n) is 6.19. The molecule has 0 radical (unpaired) electrons. The molecule has 1 fully saturated rings. The molecule has 1 aliphatic heterocycles. The number of para-hydroxylation sites is 1. The summed E-state index contributed by atoms with van der Waals surface area (Å²) in [7, 11) is 0. The molecule has 25 heavy (non-hydrogen) atoms. The van der Waals surface area contributed by atoms with Crippen molar-refractivity contribution in [3.63, 3.8) is 0 Å². The van der Waals surface area contributed by atoms with E-state index in [0.717, 1.165) is 36.0 Å². The predicted molar refractivity (Wildman–Crippen MR) is 95.5 cm³/mol. The largest absolute Gasteiger partial charge is 0.383 e. The Morgan fingerprint density at radius 3 is 3.04 bits per heavy atom. The molecule has 1 saturated heterocycles. The van der Waals surface area contributed by atoms with E-state index in [9.17, 15) is 4.79 Å². The van der Waals surface area contributed by atoms with E-state index in [0.29, 0.717) is 23.9 Å². The van der Waals surface area contributed by atoms with Gasteiger partial charge in [0.25, 0.3) is 5.91 Å². The number of carbonyl (C=O) groups excluding carboxylic acids is 1. The lowest BCUT2D eigenvalue weighted by atomic mass is 9.99. The van der Waals surface area contributed by atoms with Crippen molar-refractivity contribution in [3.05, 3.63) is 47.7 Å². The molecule has 1 atom stereocenters. The number of hydrogen-bond acceptors (Lipinski definition) is 5. The zero-order valence-corrected chi connectivity index (χ0v) is 13.7. The van der Waals surface area contributed by atoms with Crippen molar-refractivity contribution in [2.75, 3.05) is 24.3 Å². The molecule has 1 amide bonds. The van der Waals surface area contributed by atoms with Crippen LogP contribution >= 0.6 is 0 Å². The zero-order valence-electron chi connectivity index (χ0n) is 13.7. The van der Waals surface area contributed by atoms with Gasteiger partial charge in [0, 0.05) is 29.7 Å². The number of aromatic amines is 1. The maximum absolute atomic E-state index is 12.6. The molecule has 0 spiro atoms. The van der Waals surface area contributed by atoms with Crippen LogP contribution in [0.1, 0.15) is 34.8 Å². The molecule has 7 heteroatoms. The predicted octanol–water partition coefficient (Wildman–Crippen LogP) is 2.69. The average molecular weight is 337 g/mol. The second kappa shape index (κ2) is 6.52. The van der Waals surface area contributed by atoms with E-state index in [-0.39, 0.29) is 11.7 Å². The van der Waals surface area contributed by atoms with Crippen molar-refractivity contribution in [1.82, 2.24) is 15.2 Å². The highest BCUT2D eigenvalue weighted by atomic mass is 16.5. The number of hydrogen-bond donors (Lipinski definition) is 3. The summed E-state index contributed by atoms with van der Waals surface area (Å²) in [6, 6.07) is 11.1. The molecule has 2 aromatic heterocycles. The lowest BCUT2D eigenvalue weighted by Gasteiger charge is -2.20. The van der Waals surface area contributed by atoms with Crippen LogP contribution in [0.3, 0.4) is 0 Å². The van der Waals surface area contributed by atoms with Crippen molar-refractivity contribution in [2.24, 2.45) is 0 Å². The van der Waals surface area contributed by atoms with Gasteiger partial charge in [-0.2, -0.15) is 5.10 Å². The fourth-order valence-electron chi connectivity index (χ4n) is 3.09. The minimum atomic E-state index is -0.325. The first-order valence-corrected chi connectivity index (χ1v) is 8.30. The van der Waals surface area contributed by atoms with Crippen molar-refractivity contribution in [1.29, 1.82) is 0 Å². The lowest BCUT2D eigenvalue weighted by molar-refractivity contribution is 0.0793. The number of carbonyl (C=O) groups is 1. The van der Waals surface area contributed by atoms with Crippen molar-refractivity contribution in [2.45, 2.75) is 18.8 Å². The Kier molecular flexibility index (Phi) is 4.07. The van der Waals surface area contributed by atoms with Crippen LogP contribution in [0.25, 0.3) is 10.9 Å². The van der Waals surface area contributed by atoms with Gasteiger partial charge in [-0.1, -0.05) is 18.2 Å². The van der Waals surface area contributed by atoms with Crippen molar-refractivity contribution in [3.8, 4) is 0 Å². The first kappa shape index (κ1) is 15.6. The highest BCUT2D eigenvalue weighted by molar-refractivity contribution is 6.08. The Hall–Kier alpha value is -2.93. The third kappa shape index (κ3) is 3.18. The summed E-state index contributed by atoms with van der Waals surface area (Å²) in [5.41, 5.74) is 8.02.